The maximum atomic E-state index is 5.92. The SMILES string of the molecule is CCCOc1cncc(OCC2CNCC(C)(C)O2)n1. The van der Waals surface area contributed by atoms with Crippen molar-refractivity contribution in [1.82, 2.24) is 15.3 Å². The van der Waals surface area contributed by atoms with Gasteiger partial charge in [0, 0.05) is 13.1 Å². The number of ether oxygens (including phenoxy) is 3. The fraction of sp³-hybridized carbons (Fsp3) is 0.714. The Labute approximate surface area is 119 Å². The number of hydrogen-bond donors (Lipinski definition) is 1. The quantitative estimate of drug-likeness (QED) is 0.850. The molecule has 0 aliphatic carbocycles. The van der Waals surface area contributed by atoms with Crippen molar-refractivity contribution in [3.05, 3.63) is 12.4 Å². The molecule has 1 aromatic heterocycles. The number of nitrogens with one attached hydrogen (secondary N) is 1. The molecule has 0 radical (unpaired) electrons. The second-order valence-electron chi connectivity index (χ2n) is 5.49. The average Bonchev–Trinajstić information content (AvgIpc) is 2.42. The summed E-state index contributed by atoms with van der Waals surface area (Å²) in [6.45, 7) is 8.87. The minimum atomic E-state index is -0.163. The molecule has 2 heterocycles. The molecule has 1 N–H and O–H groups in total. The van der Waals surface area contributed by atoms with Crippen LogP contribution in [0.5, 0.6) is 11.8 Å². The van der Waals surface area contributed by atoms with Gasteiger partial charge in [0.1, 0.15) is 12.7 Å². The molecule has 1 aliphatic rings. The minimum Gasteiger partial charge on any atom is -0.477 e. The van der Waals surface area contributed by atoms with Crippen molar-refractivity contribution in [2.24, 2.45) is 0 Å². The van der Waals surface area contributed by atoms with Crippen LogP contribution in [0.25, 0.3) is 0 Å². The predicted molar refractivity (Wildman–Crippen MR) is 75.1 cm³/mol. The van der Waals surface area contributed by atoms with E-state index in [1.165, 1.54) is 0 Å². The summed E-state index contributed by atoms with van der Waals surface area (Å²) in [6.07, 6.45) is 4.12. The highest BCUT2D eigenvalue weighted by molar-refractivity contribution is 5.12. The molecule has 0 amide bonds. The van der Waals surface area contributed by atoms with E-state index in [0.29, 0.717) is 25.0 Å². The van der Waals surface area contributed by atoms with E-state index < -0.39 is 0 Å². The summed E-state index contributed by atoms with van der Waals surface area (Å²) in [7, 11) is 0. The maximum absolute atomic E-state index is 5.92. The Bertz CT molecular complexity index is 426. The fourth-order valence-electron chi connectivity index (χ4n) is 2.02. The molecule has 0 aromatic carbocycles. The van der Waals surface area contributed by atoms with Gasteiger partial charge in [0.2, 0.25) is 11.8 Å². The molecule has 2 rings (SSSR count). The highest BCUT2D eigenvalue weighted by atomic mass is 16.6. The molecule has 1 aromatic rings. The molecule has 1 fully saturated rings. The Kier molecular flexibility index (Phi) is 5.14. The van der Waals surface area contributed by atoms with E-state index in [1.54, 1.807) is 12.4 Å². The zero-order chi connectivity index (χ0) is 14.4. The van der Waals surface area contributed by atoms with E-state index in [1.807, 2.05) is 6.92 Å². The average molecular weight is 281 g/mol. The first-order chi connectivity index (χ1) is 9.59. The lowest BCUT2D eigenvalue weighted by atomic mass is 10.1. The summed E-state index contributed by atoms with van der Waals surface area (Å²) in [5, 5.41) is 3.33. The lowest BCUT2D eigenvalue weighted by Gasteiger charge is -2.36. The number of morpholine rings is 1. The molecule has 0 saturated carbocycles. The van der Waals surface area contributed by atoms with Crippen LogP contribution in [0.15, 0.2) is 12.4 Å². The molecule has 0 spiro atoms. The van der Waals surface area contributed by atoms with E-state index in [9.17, 15) is 0 Å². The van der Waals surface area contributed by atoms with Gasteiger partial charge in [-0.15, -0.1) is 0 Å². The third kappa shape index (κ3) is 4.61. The van der Waals surface area contributed by atoms with Gasteiger partial charge in [0.25, 0.3) is 0 Å². The Morgan fingerprint density at radius 2 is 2.10 bits per heavy atom. The van der Waals surface area contributed by atoms with Crippen LogP contribution in [0.3, 0.4) is 0 Å². The van der Waals surface area contributed by atoms with Crippen molar-refractivity contribution in [3.63, 3.8) is 0 Å². The molecule has 1 unspecified atom stereocenters. The molecule has 1 aliphatic heterocycles. The van der Waals surface area contributed by atoms with Gasteiger partial charge in [-0.1, -0.05) is 6.92 Å². The van der Waals surface area contributed by atoms with Crippen molar-refractivity contribution < 1.29 is 14.2 Å². The predicted octanol–water partition coefficient (Wildman–Crippen LogP) is 1.41. The molecule has 1 saturated heterocycles. The maximum Gasteiger partial charge on any atom is 0.235 e. The standard InChI is InChI=1S/C14H23N3O3/c1-4-5-18-12-7-15-8-13(17-12)19-9-11-6-16-10-14(2,3)20-11/h7-8,11,16H,4-6,9-10H2,1-3H3. The molecule has 6 heteroatoms. The van der Waals surface area contributed by atoms with Gasteiger partial charge in [-0.05, 0) is 20.3 Å². The molecule has 6 nitrogen and oxygen atoms in total. The summed E-state index contributed by atoms with van der Waals surface area (Å²) in [5.41, 5.74) is -0.163. The molecular weight excluding hydrogens is 258 g/mol. The van der Waals surface area contributed by atoms with Crippen LogP contribution in [0.2, 0.25) is 0 Å². The lowest BCUT2D eigenvalue weighted by molar-refractivity contribution is -0.107. The van der Waals surface area contributed by atoms with Gasteiger partial charge in [0.05, 0.1) is 24.6 Å². The van der Waals surface area contributed by atoms with Crippen LogP contribution in [0.1, 0.15) is 27.2 Å². The largest absolute Gasteiger partial charge is 0.477 e. The Morgan fingerprint density at radius 3 is 2.80 bits per heavy atom. The van der Waals surface area contributed by atoms with E-state index in [2.05, 4.69) is 29.1 Å². The van der Waals surface area contributed by atoms with Crippen molar-refractivity contribution >= 4 is 0 Å². The summed E-state index contributed by atoms with van der Waals surface area (Å²) < 4.78 is 17.0. The highest BCUT2D eigenvalue weighted by Crippen LogP contribution is 2.17. The summed E-state index contributed by atoms with van der Waals surface area (Å²) in [5.74, 6) is 0.956. The third-order valence-corrected chi connectivity index (χ3v) is 2.87. The first kappa shape index (κ1) is 15.0. The Balaban J connectivity index is 1.84. The second-order valence-corrected chi connectivity index (χ2v) is 5.49. The zero-order valence-corrected chi connectivity index (χ0v) is 12.4. The highest BCUT2D eigenvalue weighted by Gasteiger charge is 2.28. The Hall–Kier alpha value is -1.40. The van der Waals surface area contributed by atoms with Crippen LogP contribution in [0, 0.1) is 0 Å². The molecule has 112 valence electrons. The summed E-state index contributed by atoms with van der Waals surface area (Å²) >= 11 is 0. The van der Waals surface area contributed by atoms with Crippen LogP contribution in [-0.2, 0) is 4.74 Å². The number of aromatic nitrogens is 2. The topological polar surface area (TPSA) is 65.5 Å². The normalized spacial score (nSPS) is 21.4. The smallest absolute Gasteiger partial charge is 0.235 e. The van der Waals surface area contributed by atoms with E-state index in [-0.39, 0.29) is 11.7 Å². The molecule has 0 bridgehead atoms. The van der Waals surface area contributed by atoms with E-state index in [0.717, 1.165) is 19.5 Å². The lowest BCUT2D eigenvalue weighted by Crippen LogP contribution is -2.52. The van der Waals surface area contributed by atoms with Crippen LogP contribution in [0.4, 0.5) is 0 Å². The number of nitrogens with zero attached hydrogens (tertiary/aromatic N) is 2. The fourth-order valence-corrected chi connectivity index (χ4v) is 2.02. The van der Waals surface area contributed by atoms with Gasteiger partial charge in [-0.25, -0.2) is 0 Å². The summed E-state index contributed by atoms with van der Waals surface area (Å²) in [4.78, 5) is 8.31. The van der Waals surface area contributed by atoms with E-state index in [4.69, 9.17) is 14.2 Å². The van der Waals surface area contributed by atoms with Crippen molar-refractivity contribution in [1.29, 1.82) is 0 Å². The molecule has 1 atom stereocenters. The van der Waals surface area contributed by atoms with Gasteiger partial charge < -0.3 is 19.5 Å². The van der Waals surface area contributed by atoms with Crippen molar-refractivity contribution in [2.75, 3.05) is 26.3 Å². The van der Waals surface area contributed by atoms with Crippen LogP contribution >= 0.6 is 0 Å². The number of rotatable bonds is 6. The third-order valence-electron chi connectivity index (χ3n) is 2.87. The van der Waals surface area contributed by atoms with Crippen molar-refractivity contribution in [3.8, 4) is 11.8 Å². The number of hydrogen-bond acceptors (Lipinski definition) is 6. The molecular formula is C14H23N3O3. The van der Waals surface area contributed by atoms with Gasteiger partial charge in [-0.2, -0.15) is 4.98 Å². The second kappa shape index (κ2) is 6.85. The Morgan fingerprint density at radius 1 is 1.35 bits per heavy atom. The first-order valence-electron chi connectivity index (χ1n) is 7.05. The monoisotopic (exact) mass is 281 g/mol. The summed E-state index contributed by atoms with van der Waals surface area (Å²) in [6, 6.07) is 0. The van der Waals surface area contributed by atoms with Crippen LogP contribution in [-0.4, -0.2) is 48.0 Å². The minimum absolute atomic E-state index is 0.0146. The zero-order valence-electron chi connectivity index (χ0n) is 12.4. The molecule has 20 heavy (non-hydrogen) atoms. The van der Waals surface area contributed by atoms with Crippen LogP contribution < -0.4 is 14.8 Å². The van der Waals surface area contributed by atoms with Gasteiger partial charge in [-0.3, -0.25) is 4.98 Å². The van der Waals surface area contributed by atoms with Gasteiger partial charge in [0.15, 0.2) is 0 Å². The van der Waals surface area contributed by atoms with E-state index >= 15 is 0 Å². The van der Waals surface area contributed by atoms with Gasteiger partial charge >= 0.3 is 0 Å². The van der Waals surface area contributed by atoms with Crippen molar-refractivity contribution in [2.45, 2.75) is 38.9 Å². The first-order valence-corrected chi connectivity index (χ1v) is 7.05.